The number of amides is 1. The summed E-state index contributed by atoms with van der Waals surface area (Å²) in [7, 11) is 0. The first-order valence-electron chi connectivity index (χ1n) is 5.33. The molecule has 0 spiro atoms. The maximum absolute atomic E-state index is 10.7. The summed E-state index contributed by atoms with van der Waals surface area (Å²) in [5, 5.41) is 2.43. The van der Waals surface area contributed by atoms with Crippen molar-refractivity contribution in [2.45, 2.75) is 26.4 Å². The second-order valence-electron chi connectivity index (χ2n) is 4.26. The number of nitrogens with two attached hydrogens (primary N) is 1. The fraction of sp³-hybridized carbons (Fsp3) is 0.385. The first-order chi connectivity index (χ1) is 7.85. The van der Waals surface area contributed by atoms with E-state index in [-0.39, 0.29) is 18.6 Å². The first-order valence-corrected chi connectivity index (χ1v) is 5.33. The Morgan fingerprint density at radius 2 is 1.94 bits per heavy atom. The van der Waals surface area contributed by atoms with Crippen LogP contribution in [0.4, 0.5) is 10.5 Å². The van der Waals surface area contributed by atoms with Gasteiger partial charge >= 0.3 is 24.6 Å². The Morgan fingerprint density at radius 3 is 2.22 bits per heavy atom. The SMILES string of the molecule is Nc1cc[c-]cc1.[CH2-]CNC(=O)OC(C)(C)C.[V+2]. The molecule has 4 nitrogen and oxygen atoms in total. The van der Waals surface area contributed by atoms with Gasteiger partial charge in [0.1, 0.15) is 5.60 Å². The standard InChI is InChI=1S/C7H14NO2.C6H6N.V/c1-5-8-6(9)10-7(2,3)4;7-6-4-2-1-3-5-6;/h1,5H2,2-4H3,(H,8,9);2-5H,7H2;/q2*-1;+2. The van der Waals surface area contributed by atoms with E-state index in [1.807, 2.05) is 20.8 Å². The normalized spacial score (nSPS) is 9.33. The molecule has 0 bridgehead atoms. The fourth-order valence-electron chi connectivity index (χ4n) is 0.816. The maximum atomic E-state index is 10.7. The zero-order valence-corrected chi connectivity index (χ0v) is 12.5. The Kier molecular flexibility index (Phi) is 10.5. The molecule has 3 N–H and O–H groups in total. The topological polar surface area (TPSA) is 64.3 Å². The monoisotopic (exact) mass is 287 g/mol. The van der Waals surface area contributed by atoms with E-state index in [9.17, 15) is 4.79 Å². The molecule has 0 unspecified atom stereocenters. The summed E-state index contributed by atoms with van der Waals surface area (Å²) < 4.78 is 4.89. The molecule has 0 heterocycles. The van der Waals surface area contributed by atoms with Crippen molar-refractivity contribution in [3.63, 3.8) is 0 Å². The molecule has 1 amide bonds. The van der Waals surface area contributed by atoms with Gasteiger partial charge in [0, 0.05) is 0 Å². The number of hydrogen-bond acceptors (Lipinski definition) is 3. The van der Waals surface area contributed by atoms with Crippen LogP contribution in [0.5, 0.6) is 0 Å². The largest absolute Gasteiger partial charge is 2.00 e. The molecule has 0 saturated heterocycles. The van der Waals surface area contributed by atoms with Crippen molar-refractivity contribution in [3.8, 4) is 0 Å². The quantitative estimate of drug-likeness (QED) is 0.616. The van der Waals surface area contributed by atoms with E-state index in [2.05, 4.69) is 18.3 Å². The average Bonchev–Trinajstić information content (AvgIpc) is 2.17. The van der Waals surface area contributed by atoms with Crippen molar-refractivity contribution in [2.75, 3.05) is 12.3 Å². The zero-order valence-electron chi connectivity index (χ0n) is 11.1. The van der Waals surface area contributed by atoms with Crippen LogP contribution in [-0.2, 0) is 23.3 Å². The zero-order chi connectivity index (χ0) is 13.3. The second-order valence-corrected chi connectivity index (χ2v) is 4.26. The number of alkyl carbamates (subject to hydrolysis) is 1. The number of anilines is 1. The van der Waals surface area contributed by atoms with Gasteiger partial charge in [-0.2, -0.15) is 18.2 Å². The van der Waals surface area contributed by atoms with E-state index in [0.717, 1.165) is 5.69 Å². The number of ether oxygens (including phenoxy) is 1. The van der Waals surface area contributed by atoms with Gasteiger partial charge in [0.05, 0.1) is 0 Å². The average molecular weight is 287 g/mol. The van der Waals surface area contributed by atoms with Crippen LogP contribution in [0.15, 0.2) is 24.3 Å². The van der Waals surface area contributed by atoms with Gasteiger partial charge in [0.25, 0.3) is 0 Å². The van der Waals surface area contributed by atoms with E-state index < -0.39 is 11.7 Å². The molecule has 0 fully saturated rings. The molecular weight excluding hydrogens is 267 g/mol. The Hall–Kier alpha value is -1.13. The van der Waals surface area contributed by atoms with Gasteiger partial charge in [-0.3, -0.25) is 0 Å². The van der Waals surface area contributed by atoms with Gasteiger partial charge in [-0.25, -0.2) is 4.79 Å². The number of carbonyl (C=O) groups excluding carboxylic acids is 1. The van der Waals surface area contributed by atoms with Crippen molar-refractivity contribution in [3.05, 3.63) is 37.3 Å². The van der Waals surface area contributed by atoms with Crippen molar-refractivity contribution in [2.24, 2.45) is 0 Å². The van der Waals surface area contributed by atoms with Crippen LogP contribution in [-0.4, -0.2) is 18.2 Å². The third kappa shape index (κ3) is 12.9. The number of hydrogen-bond donors (Lipinski definition) is 2. The summed E-state index contributed by atoms with van der Waals surface area (Å²) in [6.07, 6.45) is -0.414. The van der Waals surface area contributed by atoms with E-state index in [0.29, 0.717) is 6.54 Å². The summed E-state index contributed by atoms with van der Waals surface area (Å²) >= 11 is 0. The number of rotatable bonds is 1. The third-order valence-electron chi connectivity index (χ3n) is 1.41. The summed E-state index contributed by atoms with van der Waals surface area (Å²) in [4.78, 5) is 10.7. The van der Waals surface area contributed by atoms with E-state index in [1.54, 1.807) is 24.3 Å². The molecular formula is C13H20N2O2V. The van der Waals surface area contributed by atoms with Crippen LogP contribution in [0.2, 0.25) is 0 Å². The predicted octanol–water partition coefficient (Wildman–Crippen LogP) is 2.41. The summed E-state index contributed by atoms with van der Waals surface area (Å²) in [5.74, 6) is 0. The van der Waals surface area contributed by atoms with Crippen LogP contribution in [0.3, 0.4) is 0 Å². The molecule has 0 atom stereocenters. The molecule has 0 saturated carbocycles. The minimum atomic E-state index is -0.417. The number of benzene rings is 1. The van der Waals surface area contributed by atoms with Crippen molar-refractivity contribution >= 4 is 11.8 Å². The molecule has 0 aliphatic rings. The Morgan fingerprint density at radius 1 is 1.44 bits per heavy atom. The van der Waals surface area contributed by atoms with Crippen LogP contribution >= 0.6 is 0 Å². The molecule has 1 aromatic rings. The van der Waals surface area contributed by atoms with Gasteiger partial charge in [0.2, 0.25) is 0 Å². The minimum absolute atomic E-state index is 0. The van der Waals surface area contributed by atoms with Crippen LogP contribution in [0.25, 0.3) is 0 Å². The summed E-state index contributed by atoms with van der Waals surface area (Å²) in [5.41, 5.74) is 5.71. The van der Waals surface area contributed by atoms with Gasteiger partial charge < -0.3 is 22.7 Å². The van der Waals surface area contributed by atoms with E-state index in [4.69, 9.17) is 10.5 Å². The number of carbonyl (C=O) groups is 1. The van der Waals surface area contributed by atoms with Crippen LogP contribution < -0.4 is 11.1 Å². The molecule has 99 valence electrons. The molecule has 1 rings (SSSR count). The molecule has 1 radical (unpaired) electrons. The van der Waals surface area contributed by atoms with E-state index in [1.165, 1.54) is 0 Å². The van der Waals surface area contributed by atoms with Crippen LogP contribution in [0.1, 0.15) is 20.8 Å². The molecule has 0 aliphatic heterocycles. The molecule has 5 heteroatoms. The van der Waals surface area contributed by atoms with Gasteiger partial charge in [-0.15, -0.1) is 18.7 Å². The predicted molar refractivity (Wildman–Crippen MR) is 69.3 cm³/mol. The Bertz CT molecular complexity index is 324. The Labute approximate surface area is 121 Å². The third-order valence-corrected chi connectivity index (χ3v) is 1.41. The van der Waals surface area contributed by atoms with Crippen molar-refractivity contribution < 1.29 is 28.1 Å². The van der Waals surface area contributed by atoms with Crippen LogP contribution in [0, 0.1) is 13.0 Å². The Balaban J connectivity index is 0. The molecule has 1 aromatic carbocycles. The summed E-state index contributed by atoms with van der Waals surface area (Å²) in [6.45, 7) is 9.25. The van der Waals surface area contributed by atoms with Gasteiger partial charge in [-0.1, -0.05) is 5.69 Å². The molecule has 18 heavy (non-hydrogen) atoms. The van der Waals surface area contributed by atoms with Crippen molar-refractivity contribution in [1.82, 2.24) is 5.32 Å². The van der Waals surface area contributed by atoms with Gasteiger partial charge in [-0.05, 0) is 20.8 Å². The summed E-state index contributed by atoms with van der Waals surface area (Å²) in [6, 6.07) is 10.0. The smallest absolute Gasteiger partial charge is 0.444 e. The molecule has 0 aliphatic carbocycles. The molecule has 0 aromatic heterocycles. The maximum Gasteiger partial charge on any atom is 2.00 e. The fourth-order valence-corrected chi connectivity index (χ4v) is 0.816. The second kappa shape index (κ2) is 9.86. The minimum Gasteiger partial charge on any atom is -0.444 e. The first kappa shape index (κ1) is 19.2. The van der Waals surface area contributed by atoms with Crippen molar-refractivity contribution in [1.29, 1.82) is 0 Å². The van der Waals surface area contributed by atoms with E-state index >= 15 is 0 Å². The number of nitrogen functional groups attached to an aromatic ring is 1. The van der Waals surface area contributed by atoms with Gasteiger partial charge in [0.15, 0.2) is 0 Å². The number of nitrogens with one attached hydrogen (secondary N) is 1.